The second-order valence-corrected chi connectivity index (χ2v) is 7.59. The number of rotatable bonds is 8. The predicted molar refractivity (Wildman–Crippen MR) is 111 cm³/mol. The van der Waals surface area contributed by atoms with Crippen LogP contribution in [0.1, 0.15) is 5.56 Å². The van der Waals surface area contributed by atoms with E-state index in [-0.39, 0.29) is 11.7 Å². The van der Waals surface area contributed by atoms with E-state index in [0.717, 1.165) is 38.5 Å². The third-order valence-corrected chi connectivity index (χ3v) is 5.66. The maximum Gasteiger partial charge on any atom is 0.230 e. The first-order valence-electron chi connectivity index (χ1n) is 9.32. The Morgan fingerprint density at radius 2 is 1.70 bits per heavy atom. The van der Waals surface area contributed by atoms with Gasteiger partial charge in [-0.3, -0.25) is 9.69 Å². The quantitative estimate of drug-likeness (QED) is 0.755. The van der Waals surface area contributed by atoms with Crippen molar-refractivity contribution < 1.29 is 9.18 Å². The Bertz CT molecular complexity index is 720. The van der Waals surface area contributed by atoms with Gasteiger partial charge in [0.05, 0.1) is 11.4 Å². The molecule has 0 unspecified atom stereocenters. The Labute approximate surface area is 164 Å². The smallest absolute Gasteiger partial charge is 0.230 e. The van der Waals surface area contributed by atoms with Gasteiger partial charge in [-0.25, -0.2) is 4.39 Å². The summed E-state index contributed by atoms with van der Waals surface area (Å²) in [6.07, 6.45) is 0. The van der Waals surface area contributed by atoms with Gasteiger partial charge in [0.2, 0.25) is 5.91 Å². The van der Waals surface area contributed by atoms with Crippen molar-refractivity contribution in [3.8, 4) is 0 Å². The highest BCUT2D eigenvalue weighted by Crippen LogP contribution is 2.19. The zero-order valence-corrected chi connectivity index (χ0v) is 16.3. The van der Waals surface area contributed by atoms with Crippen LogP contribution >= 0.6 is 11.8 Å². The molecule has 4 nitrogen and oxygen atoms in total. The molecule has 0 spiro atoms. The molecule has 1 heterocycles. The van der Waals surface area contributed by atoms with E-state index in [4.69, 9.17) is 0 Å². The van der Waals surface area contributed by atoms with E-state index in [0.29, 0.717) is 18.0 Å². The van der Waals surface area contributed by atoms with Crippen LogP contribution in [0.25, 0.3) is 0 Å². The summed E-state index contributed by atoms with van der Waals surface area (Å²) < 4.78 is 13.9. The van der Waals surface area contributed by atoms with Gasteiger partial charge in [-0.2, -0.15) is 0 Å². The molecular weight excluding hydrogens is 361 g/mol. The second kappa shape index (κ2) is 10.3. The van der Waals surface area contributed by atoms with Gasteiger partial charge in [0.25, 0.3) is 0 Å². The van der Waals surface area contributed by atoms with Crippen molar-refractivity contribution in [1.82, 2.24) is 10.2 Å². The number of halogens is 1. The van der Waals surface area contributed by atoms with Gasteiger partial charge in [-0.15, -0.1) is 11.8 Å². The Balaban J connectivity index is 1.29. The number of anilines is 1. The van der Waals surface area contributed by atoms with Gasteiger partial charge in [0, 0.05) is 45.0 Å². The Hall–Kier alpha value is -2.05. The molecule has 1 saturated heterocycles. The molecule has 0 radical (unpaired) electrons. The minimum atomic E-state index is -0.161. The van der Waals surface area contributed by atoms with Crippen molar-refractivity contribution >= 4 is 23.4 Å². The first kappa shape index (κ1) is 19.7. The zero-order chi connectivity index (χ0) is 18.9. The molecule has 6 heteroatoms. The molecule has 1 aliphatic rings. The molecule has 0 saturated carbocycles. The molecule has 144 valence electrons. The molecule has 2 aromatic rings. The average molecular weight is 388 g/mol. The Kier molecular flexibility index (Phi) is 7.54. The lowest BCUT2D eigenvalue weighted by Gasteiger charge is -2.36. The number of benzene rings is 2. The summed E-state index contributed by atoms with van der Waals surface area (Å²) >= 11 is 1.63. The normalized spacial score (nSPS) is 14.9. The minimum Gasteiger partial charge on any atom is -0.367 e. The SMILES string of the molecule is O=C(CSCc1ccccc1)NCCN1CCN(c2ccccc2F)CC1. The fourth-order valence-corrected chi connectivity index (χ4v) is 3.98. The van der Waals surface area contributed by atoms with Crippen molar-refractivity contribution in [3.05, 3.63) is 66.0 Å². The fraction of sp³-hybridized carbons (Fsp3) is 0.381. The van der Waals surface area contributed by atoms with Crippen molar-refractivity contribution in [2.75, 3.05) is 49.9 Å². The molecule has 1 aliphatic heterocycles. The molecule has 0 aromatic heterocycles. The van der Waals surface area contributed by atoms with E-state index in [1.54, 1.807) is 17.8 Å². The van der Waals surface area contributed by atoms with Gasteiger partial charge >= 0.3 is 0 Å². The van der Waals surface area contributed by atoms with Gasteiger partial charge in [-0.1, -0.05) is 42.5 Å². The number of nitrogens with zero attached hydrogens (tertiary/aromatic N) is 2. The van der Waals surface area contributed by atoms with Crippen molar-refractivity contribution in [2.45, 2.75) is 5.75 Å². The molecular formula is C21H26FN3OS. The highest BCUT2D eigenvalue weighted by atomic mass is 32.2. The fourth-order valence-electron chi connectivity index (χ4n) is 3.16. The number of hydrogen-bond acceptors (Lipinski definition) is 4. The van der Waals surface area contributed by atoms with Gasteiger partial charge in [0.15, 0.2) is 0 Å². The van der Waals surface area contributed by atoms with Crippen molar-refractivity contribution in [3.63, 3.8) is 0 Å². The number of para-hydroxylation sites is 1. The number of carbonyl (C=O) groups is 1. The summed E-state index contributed by atoms with van der Waals surface area (Å²) in [4.78, 5) is 16.4. The third kappa shape index (κ3) is 6.26. The number of amides is 1. The maximum absolute atomic E-state index is 13.9. The number of carbonyl (C=O) groups excluding carboxylic acids is 1. The summed E-state index contributed by atoms with van der Waals surface area (Å²) in [5.41, 5.74) is 1.92. The predicted octanol–water partition coefficient (Wildman–Crippen LogP) is 3.00. The average Bonchev–Trinajstić information content (AvgIpc) is 2.70. The van der Waals surface area contributed by atoms with E-state index in [2.05, 4.69) is 27.2 Å². The van der Waals surface area contributed by atoms with Crippen LogP contribution < -0.4 is 10.2 Å². The summed E-state index contributed by atoms with van der Waals surface area (Å²) in [6, 6.07) is 17.1. The number of thioether (sulfide) groups is 1. The largest absolute Gasteiger partial charge is 0.367 e. The number of hydrogen-bond donors (Lipinski definition) is 1. The lowest BCUT2D eigenvalue weighted by Crippen LogP contribution is -2.48. The van der Waals surface area contributed by atoms with Gasteiger partial charge in [-0.05, 0) is 17.7 Å². The van der Waals surface area contributed by atoms with Crippen LogP contribution in [0.5, 0.6) is 0 Å². The molecule has 27 heavy (non-hydrogen) atoms. The number of nitrogens with one attached hydrogen (secondary N) is 1. The number of piperazine rings is 1. The molecule has 3 rings (SSSR count). The van der Waals surface area contributed by atoms with E-state index >= 15 is 0 Å². The Morgan fingerprint density at radius 3 is 2.44 bits per heavy atom. The summed E-state index contributed by atoms with van der Waals surface area (Å²) in [5, 5.41) is 2.99. The zero-order valence-electron chi connectivity index (χ0n) is 15.4. The van der Waals surface area contributed by atoms with Crippen molar-refractivity contribution in [1.29, 1.82) is 0 Å². The third-order valence-electron chi connectivity index (χ3n) is 4.66. The van der Waals surface area contributed by atoms with E-state index in [1.165, 1.54) is 11.6 Å². The van der Waals surface area contributed by atoms with Crippen LogP contribution in [0, 0.1) is 5.82 Å². The van der Waals surface area contributed by atoms with Crippen LogP contribution in [0.4, 0.5) is 10.1 Å². The van der Waals surface area contributed by atoms with Gasteiger partial charge < -0.3 is 10.2 Å². The topological polar surface area (TPSA) is 35.6 Å². The lowest BCUT2D eigenvalue weighted by atomic mass is 10.2. The van der Waals surface area contributed by atoms with Crippen LogP contribution in [0.3, 0.4) is 0 Å². The minimum absolute atomic E-state index is 0.0842. The highest BCUT2D eigenvalue weighted by Gasteiger charge is 2.18. The second-order valence-electron chi connectivity index (χ2n) is 6.61. The molecule has 1 N–H and O–H groups in total. The van der Waals surface area contributed by atoms with Crippen LogP contribution in [-0.4, -0.2) is 55.8 Å². The maximum atomic E-state index is 13.9. The molecule has 2 aromatic carbocycles. The van der Waals surface area contributed by atoms with Crippen LogP contribution in [-0.2, 0) is 10.5 Å². The van der Waals surface area contributed by atoms with Crippen LogP contribution in [0.2, 0.25) is 0 Å². The highest BCUT2D eigenvalue weighted by molar-refractivity contribution is 7.99. The first-order chi connectivity index (χ1) is 13.2. The van der Waals surface area contributed by atoms with Gasteiger partial charge in [0.1, 0.15) is 5.82 Å². The van der Waals surface area contributed by atoms with Crippen molar-refractivity contribution in [2.24, 2.45) is 0 Å². The Morgan fingerprint density at radius 1 is 1.00 bits per heavy atom. The molecule has 0 atom stereocenters. The first-order valence-corrected chi connectivity index (χ1v) is 10.5. The van der Waals surface area contributed by atoms with E-state index in [1.807, 2.05) is 30.3 Å². The summed E-state index contributed by atoms with van der Waals surface area (Å²) in [7, 11) is 0. The summed E-state index contributed by atoms with van der Waals surface area (Å²) in [5.74, 6) is 1.26. The summed E-state index contributed by atoms with van der Waals surface area (Å²) in [6.45, 7) is 4.87. The molecule has 1 amide bonds. The van der Waals surface area contributed by atoms with Crippen LogP contribution in [0.15, 0.2) is 54.6 Å². The lowest BCUT2D eigenvalue weighted by molar-refractivity contribution is -0.118. The molecule has 0 bridgehead atoms. The molecule has 1 fully saturated rings. The monoisotopic (exact) mass is 387 g/mol. The standard InChI is InChI=1S/C21H26FN3OS/c22-19-8-4-5-9-20(19)25-14-12-24(13-15-25)11-10-23-21(26)17-27-16-18-6-2-1-3-7-18/h1-9H,10-17H2,(H,23,26). The molecule has 0 aliphatic carbocycles. The van der Waals surface area contributed by atoms with E-state index in [9.17, 15) is 9.18 Å². The van der Waals surface area contributed by atoms with E-state index < -0.39 is 0 Å².